The average molecular weight is 168 g/mol. The van der Waals surface area contributed by atoms with Crippen LogP contribution in [0.1, 0.15) is 19.8 Å². The molecular weight excluding hydrogens is 152 g/mol. The van der Waals surface area contributed by atoms with Crippen molar-refractivity contribution >= 4 is 5.71 Å². The largest absolute Gasteiger partial charge is 0.411 e. The van der Waals surface area contributed by atoms with Gasteiger partial charge in [0.1, 0.15) is 0 Å². The molecule has 0 atom stereocenters. The molecule has 0 fully saturated rings. The molecule has 1 aliphatic rings. The fourth-order valence-corrected chi connectivity index (χ4v) is 1.46. The van der Waals surface area contributed by atoms with Gasteiger partial charge in [0, 0.05) is 13.1 Å². The summed E-state index contributed by atoms with van der Waals surface area (Å²) in [6, 6.07) is 0. The lowest BCUT2D eigenvalue weighted by Crippen LogP contribution is -2.28. The predicted molar refractivity (Wildman–Crippen MR) is 49.7 cm³/mol. The number of rotatable bonds is 2. The molecule has 0 bridgehead atoms. The first-order valence-electron chi connectivity index (χ1n) is 4.36. The van der Waals surface area contributed by atoms with Gasteiger partial charge in [0.2, 0.25) is 0 Å². The average Bonchev–Trinajstić information content (AvgIpc) is 2.07. The molecule has 3 nitrogen and oxygen atoms in total. The van der Waals surface area contributed by atoms with Crippen molar-refractivity contribution in [2.24, 2.45) is 5.16 Å². The van der Waals surface area contributed by atoms with E-state index >= 15 is 0 Å². The van der Waals surface area contributed by atoms with Crippen LogP contribution in [0.4, 0.5) is 0 Å². The Morgan fingerprint density at radius 3 is 3.00 bits per heavy atom. The number of likely N-dealkylation sites (N-methyl/N-ethyl adjacent to an activating group) is 1. The third kappa shape index (κ3) is 2.08. The molecule has 0 radical (unpaired) electrons. The third-order valence-corrected chi connectivity index (χ3v) is 2.17. The maximum Gasteiger partial charge on any atom is 0.0834 e. The Hall–Kier alpha value is -0.830. The Morgan fingerprint density at radius 1 is 1.75 bits per heavy atom. The zero-order valence-electron chi connectivity index (χ0n) is 7.75. The van der Waals surface area contributed by atoms with Gasteiger partial charge >= 0.3 is 0 Å². The van der Waals surface area contributed by atoms with Crippen LogP contribution in [0, 0.1) is 0 Å². The molecule has 0 spiro atoms. The van der Waals surface area contributed by atoms with Crippen LogP contribution in [0.2, 0.25) is 0 Å². The fraction of sp³-hybridized carbons (Fsp3) is 0.667. The van der Waals surface area contributed by atoms with E-state index in [-0.39, 0.29) is 0 Å². The van der Waals surface area contributed by atoms with E-state index in [0.29, 0.717) is 0 Å². The highest BCUT2D eigenvalue weighted by Crippen LogP contribution is 2.11. The molecule has 0 aromatic carbocycles. The number of hydrogen-bond acceptors (Lipinski definition) is 3. The van der Waals surface area contributed by atoms with E-state index < -0.39 is 0 Å². The summed E-state index contributed by atoms with van der Waals surface area (Å²) in [5, 5.41) is 12.0. The summed E-state index contributed by atoms with van der Waals surface area (Å²) < 4.78 is 0. The van der Waals surface area contributed by atoms with Gasteiger partial charge < -0.3 is 10.1 Å². The minimum absolute atomic E-state index is 0.802. The minimum Gasteiger partial charge on any atom is -0.411 e. The van der Waals surface area contributed by atoms with Crippen molar-refractivity contribution in [2.45, 2.75) is 19.8 Å². The van der Waals surface area contributed by atoms with E-state index in [4.69, 9.17) is 5.21 Å². The van der Waals surface area contributed by atoms with Gasteiger partial charge in [0.05, 0.1) is 5.71 Å². The van der Waals surface area contributed by atoms with Crippen LogP contribution in [0.25, 0.3) is 0 Å². The molecule has 68 valence electrons. The highest BCUT2D eigenvalue weighted by molar-refractivity contribution is 5.99. The minimum atomic E-state index is 0.802. The molecule has 0 aromatic rings. The van der Waals surface area contributed by atoms with Gasteiger partial charge in [-0.3, -0.25) is 0 Å². The van der Waals surface area contributed by atoms with E-state index in [1.165, 1.54) is 5.57 Å². The first-order chi connectivity index (χ1) is 5.77. The first-order valence-corrected chi connectivity index (χ1v) is 4.36. The lowest BCUT2D eigenvalue weighted by Gasteiger charge is -2.22. The highest BCUT2D eigenvalue weighted by atomic mass is 16.4. The zero-order chi connectivity index (χ0) is 8.97. The first kappa shape index (κ1) is 9.26. The van der Waals surface area contributed by atoms with Crippen molar-refractivity contribution in [1.82, 2.24) is 4.90 Å². The summed E-state index contributed by atoms with van der Waals surface area (Å²) in [4.78, 5) is 2.23. The predicted octanol–water partition coefficient (Wildman–Crippen LogP) is 1.49. The maximum absolute atomic E-state index is 8.69. The summed E-state index contributed by atoms with van der Waals surface area (Å²) in [7, 11) is 2.08. The van der Waals surface area contributed by atoms with E-state index in [9.17, 15) is 0 Å². The summed E-state index contributed by atoms with van der Waals surface area (Å²) in [5.74, 6) is 0. The fourth-order valence-electron chi connectivity index (χ4n) is 1.46. The Kier molecular flexibility index (Phi) is 3.29. The van der Waals surface area contributed by atoms with E-state index in [1.807, 2.05) is 6.92 Å². The van der Waals surface area contributed by atoms with Crippen molar-refractivity contribution in [3.63, 3.8) is 0 Å². The van der Waals surface area contributed by atoms with Crippen LogP contribution in [-0.4, -0.2) is 36.0 Å². The Bertz CT molecular complexity index is 209. The summed E-state index contributed by atoms with van der Waals surface area (Å²) in [6.07, 6.45) is 4.03. The van der Waals surface area contributed by atoms with Crippen molar-refractivity contribution in [1.29, 1.82) is 0 Å². The van der Waals surface area contributed by atoms with E-state index in [0.717, 1.165) is 31.6 Å². The molecule has 0 aliphatic carbocycles. The lowest BCUT2D eigenvalue weighted by atomic mass is 10.0. The van der Waals surface area contributed by atoms with Crippen LogP contribution in [-0.2, 0) is 0 Å². The van der Waals surface area contributed by atoms with Crippen LogP contribution >= 0.6 is 0 Å². The molecule has 0 unspecified atom stereocenters. The highest BCUT2D eigenvalue weighted by Gasteiger charge is 2.12. The topological polar surface area (TPSA) is 35.8 Å². The van der Waals surface area contributed by atoms with Crippen LogP contribution in [0.5, 0.6) is 0 Å². The zero-order valence-corrected chi connectivity index (χ0v) is 7.75. The second-order valence-corrected chi connectivity index (χ2v) is 3.16. The normalized spacial score (nSPS) is 20.8. The van der Waals surface area contributed by atoms with Gasteiger partial charge in [-0.1, -0.05) is 18.2 Å². The molecule has 0 saturated heterocycles. The van der Waals surface area contributed by atoms with Gasteiger partial charge in [-0.25, -0.2) is 0 Å². The lowest BCUT2D eigenvalue weighted by molar-refractivity contribution is 0.315. The number of oxime groups is 1. The van der Waals surface area contributed by atoms with E-state index in [1.54, 1.807) is 0 Å². The monoisotopic (exact) mass is 168 g/mol. The number of hydrogen-bond donors (Lipinski definition) is 1. The van der Waals surface area contributed by atoms with E-state index in [2.05, 4.69) is 23.2 Å². The molecule has 12 heavy (non-hydrogen) atoms. The molecule has 1 aliphatic heterocycles. The van der Waals surface area contributed by atoms with Gasteiger partial charge in [-0.15, -0.1) is 0 Å². The van der Waals surface area contributed by atoms with Crippen LogP contribution in [0.3, 0.4) is 0 Å². The standard InChI is InChI=1S/C9H16N2O/c1-3-9(10-12)8-5-4-6-11(2)7-8/h5,12H,3-4,6-7H2,1-2H3/b10-9+. The third-order valence-electron chi connectivity index (χ3n) is 2.17. The van der Waals surface area contributed by atoms with Crippen molar-refractivity contribution in [3.05, 3.63) is 11.6 Å². The molecule has 0 aromatic heterocycles. The van der Waals surface area contributed by atoms with Gasteiger partial charge in [-0.05, 0) is 25.5 Å². The number of nitrogens with zero attached hydrogens (tertiary/aromatic N) is 2. The van der Waals surface area contributed by atoms with Gasteiger partial charge in [0.15, 0.2) is 0 Å². The second kappa shape index (κ2) is 4.26. The summed E-state index contributed by atoms with van der Waals surface area (Å²) in [5.41, 5.74) is 2.00. The Balaban J connectivity index is 2.67. The molecule has 1 heterocycles. The molecule has 3 heteroatoms. The van der Waals surface area contributed by atoms with Gasteiger partial charge in [-0.2, -0.15) is 0 Å². The Morgan fingerprint density at radius 2 is 2.50 bits per heavy atom. The molecule has 1 rings (SSSR count). The summed E-state index contributed by atoms with van der Waals surface area (Å²) >= 11 is 0. The van der Waals surface area contributed by atoms with Crippen LogP contribution in [0.15, 0.2) is 16.8 Å². The molecular formula is C9H16N2O. The molecule has 1 N–H and O–H groups in total. The molecule has 0 saturated carbocycles. The van der Waals surface area contributed by atoms with Crippen molar-refractivity contribution in [2.75, 3.05) is 20.1 Å². The smallest absolute Gasteiger partial charge is 0.0834 e. The quantitative estimate of drug-likeness (QED) is 0.385. The SMILES string of the molecule is CC/C(=N\O)C1=CCCN(C)C1. The van der Waals surface area contributed by atoms with Crippen molar-refractivity contribution in [3.8, 4) is 0 Å². The van der Waals surface area contributed by atoms with Crippen molar-refractivity contribution < 1.29 is 5.21 Å². The Labute approximate surface area is 73.4 Å². The summed E-state index contributed by atoms with van der Waals surface area (Å²) in [6.45, 7) is 4.02. The van der Waals surface area contributed by atoms with Gasteiger partial charge in [0.25, 0.3) is 0 Å². The second-order valence-electron chi connectivity index (χ2n) is 3.16. The van der Waals surface area contributed by atoms with Crippen LogP contribution < -0.4 is 0 Å². The molecule has 0 amide bonds. The maximum atomic E-state index is 8.69.